The van der Waals surface area contributed by atoms with Gasteiger partial charge in [-0.2, -0.15) is 0 Å². The number of ether oxygens (including phenoxy) is 1. The monoisotopic (exact) mass is 337 g/mol. The van der Waals surface area contributed by atoms with Gasteiger partial charge >= 0.3 is 0 Å². The van der Waals surface area contributed by atoms with Crippen molar-refractivity contribution >= 4 is 11.6 Å². The smallest absolute Gasteiger partial charge is 0.228 e. The van der Waals surface area contributed by atoms with Gasteiger partial charge < -0.3 is 19.6 Å². The van der Waals surface area contributed by atoms with Crippen molar-refractivity contribution in [2.24, 2.45) is 0 Å². The molecule has 1 amide bonds. The van der Waals surface area contributed by atoms with Crippen molar-refractivity contribution in [3.63, 3.8) is 0 Å². The summed E-state index contributed by atoms with van der Waals surface area (Å²) in [5.41, 5.74) is 2.31. The van der Waals surface area contributed by atoms with E-state index in [-0.39, 0.29) is 12.5 Å². The molecule has 128 valence electrons. The summed E-state index contributed by atoms with van der Waals surface area (Å²) < 4.78 is 10.9. The average Bonchev–Trinajstić information content (AvgIpc) is 3.11. The number of aliphatic hydroxyl groups excluding tert-OH is 1. The number of amides is 1. The number of carbonyl (C=O) groups excluding carboxylic acids is 1. The summed E-state index contributed by atoms with van der Waals surface area (Å²) in [7, 11) is 1.57. The van der Waals surface area contributed by atoms with Crippen molar-refractivity contribution in [1.29, 1.82) is 0 Å². The van der Waals surface area contributed by atoms with Gasteiger partial charge in [0.15, 0.2) is 0 Å². The van der Waals surface area contributed by atoms with Gasteiger partial charge in [-0.3, -0.25) is 4.79 Å². The molecule has 1 aromatic heterocycles. The summed E-state index contributed by atoms with van der Waals surface area (Å²) in [6.07, 6.45) is 0.303. The van der Waals surface area contributed by atoms with Crippen molar-refractivity contribution < 1.29 is 19.1 Å². The summed E-state index contributed by atoms with van der Waals surface area (Å²) in [4.78, 5) is 12.2. The van der Waals surface area contributed by atoms with Gasteiger partial charge in [0, 0.05) is 5.69 Å². The molecule has 5 heteroatoms. The van der Waals surface area contributed by atoms with Crippen LogP contribution in [-0.2, 0) is 17.8 Å². The fourth-order valence-electron chi connectivity index (χ4n) is 2.57. The van der Waals surface area contributed by atoms with E-state index in [2.05, 4.69) is 5.32 Å². The molecule has 1 heterocycles. The van der Waals surface area contributed by atoms with Crippen LogP contribution < -0.4 is 10.1 Å². The van der Waals surface area contributed by atoms with E-state index in [4.69, 9.17) is 14.3 Å². The highest BCUT2D eigenvalue weighted by Crippen LogP contribution is 2.33. The fraction of sp³-hybridized carbons (Fsp3) is 0.150. The molecule has 3 rings (SSSR count). The van der Waals surface area contributed by atoms with Crippen molar-refractivity contribution in [1.82, 2.24) is 0 Å². The van der Waals surface area contributed by atoms with Gasteiger partial charge in [0.25, 0.3) is 0 Å². The molecule has 0 aliphatic carbocycles. The summed E-state index contributed by atoms with van der Waals surface area (Å²) in [5, 5.41) is 12.0. The third-order valence-electron chi connectivity index (χ3n) is 3.77. The van der Waals surface area contributed by atoms with E-state index in [0.29, 0.717) is 34.9 Å². The lowest BCUT2D eigenvalue weighted by Crippen LogP contribution is -2.14. The first-order chi connectivity index (χ1) is 12.2. The van der Waals surface area contributed by atoms with Gasteiger partial charge in [0.05, 0.1) is 19.1 Å². The van der Waals surface area contributed by atoms with Crippen LogP contribution in [0.25, 0.3) is 11.3 Å². The molecule has 0 saturated heterocycles. The summed E-state index contributed by atoms with van der Waals surface area (Å²) in [5.74, 6) is 1.56. The van der Waals surface area contributed by atoms with Crippen LogP contribution in [-0.4, -0.2) is 18.1 Å². The third-order valence-corrected chi connectivity index (χ3v) is 3.77. The second-order valence-corrected chi connectivity index (χ2v) is 5.55. The van der Waals surface area contributed by atoms with Crippen molar-refractivity contribution in [3.05, 3.63) is 72.0 Å². The van der Waals surface area contributed by atoms with E-state index in [1.165, 1.54) is 0 Å². The molecule has 0 bridgehead atoms. The van der Waals surface area contributed by atoms with Gasteiger partial charge in [-0.1, -0.05) is 30.3 Å². The number of furan rings is 1. The molecule has 2 N–H and O–H groups in total. The molecular formula is C20H19NO4. The predicted octanol–water partition coefficient (Wildman–Crippen LogP) is 3.63. The van der Waals surface area contributed by atoms with Gasteiger partial charge in [-0.05, 0) is 35.9 Å². The highest BCUT2D eigenvalue weighted by atomic mass is 16.5. The normalized spacial score (nSPS) is 10.5. The molecule has 0 spiro atoms. The van der Waals surface area contributed by atoms with E-state index >= 15 is 0 Å². The van der Waals surface area contributed by atoms with Crippen LogP contribution in [0.3, 0.4) is 0 Å². The van der Waals surface area contributed by atoms with Crippen LogP contribution in [0.1, 0.15) is 11.3 Å². The van der Waals surface area contributed by atoms with Crippen LogP contribution in [0.15, 0.2) is 65.1 Å². The maximum Gasteiger partial charge on any atom is 0.228 e. The van der Waals surface area contributed by atoms with Crippen LogP contribution in [0.5, 0.6) is 5.75 Å². The van der Waals surface area contributed by atoms with Gasteiger partial charge in [0.2, 0.25) is 5.91 Å². The Morgan fingerprint density at radius 2 is 1.92 bits per heavy atom. The second-order valence-electron chi connectivity index (χ2n) is 5.55. The van der Waals surface area contributed by atoms with Crippen molar-refractivity contribution in [2.75, 3.05) is 12.4 Å². The Labute approximate surface area is 145 Å². The molecule has 25 heavy (non-hydrogen) atoms. The van der Waals surface area contributed by atoms with Crippen molar-refractivity contribution in [2.45, 2.75) is 13.0 Å². The Kier molecular flexibility index (Phi) is 5.16. The minimum Gasteiger partial charge on any atom is -0.496 e. The lowest BCUT2D eigenvalue weighted by atomic mass is 10.1. The zero-order valence-corrected chi connectivity index (χ0v) is 13.9. The lowest BCUT2D eigenvalue weighted by molar-refractivity contribution is -0.115. The van der Waals surface area contributed by atoms with E-state index in [1.807, 2.05) is 30.3 Å². The molecule has 0 fully saturated rings. The molecule has 5 nitrogen and oxygen atoms in total. The molecule has 0 unspecified atom stereocenters. The summed E-state index contributed by atoms with van der Waals surface area (Å²) in [6.45, 7) is -0.171. The Balaban J connectivity index is 1.80. The Bertz CT molecular complexity index is 855. The standard InChI is InChI=1S/C20H19NO4/c1-24-18-9-7-15(12-17(18)19-10-8-16(13-22)25-19)21-20(23)11-14-5-3-2-4-6-14/h2-10,12,22H,11,13H2,1H3,(H,21,23). The molecule has 0 aliphatic heterocycles. The second kappa shape index (κ2) is 7.68. The zero-order chi connectivity index (χ0) is 17.6. The van der Waals surface area contributed by atoms with Crippen LogP contribution in [0, 0.1) is 0 Å². The number of hydrogen-bond donors (Lipinski definition) is 2. The zero-order valence-electron chi connectivity index (χ0n) is 13.9. The van der Waals surface area contributed by atoms with E-state index < -0.39 is 0 Å². The van der Waals surface area contributed by atoms with Gasteiger partial charge in [0.1, 0.15) is 23.9 Å². The van der Waals surface area contributed by atoms with E-state index in [1.54, 1.807) is 37.4 Å². The highest BCUT2D eigenvalue weighted by Gasteiger charge is 2.13. The number of rotatable bonds is 6. The molecule has 3 aromatic rings. The van der Waals surface area contributed by atoms with Crippen LogP contribution >= 0.6 is 0 Å². The number of nitrogens with one attached hydrogen (secondary N) is 1. The van der Waals surface area contributed by atoms with Crippen molar-refractivity contribution in [3.8, 4) is 17.1 Å². The number of hydrogen-bond acceptors (Lipinski definition) is 4. The Morgan fingerprint density at radius 3 is 2.60 bits per heavy atom. The largest absolute Gasteiger partial charge is 0.496 e. The maximum atomic E-state index is 12.2. The first kappa shape index (κ1) is 16.8. The topological polar surface area (TPSA) is 71.7 Å². The van der Waals surface area contributed by atoms with E-state index in [0.717, 1.165) is 5.56 Å². The Hall–Kier alpha value is -3.05. The molecule has 2 aromatic carbocycles. The number of methoxy groups -OCH3 is 1. The van der Waals surface area contributed by atoms with Crippen LogP contribution in [0.2, 0.25) is 0 Å². The first-order valence-corrected chi connectivity index (χ1v) is 7.91. The number of benzene rings is 2. The summed E-state index contributed by atoms with van der Waals surface area (Å²) >= 11 is 0. The first-order valence-electron chi connectivity index (χ1n) is 7.91. The third kappa shape index (κ3) is 4.08. The van der Waals surface area contributed by atoms with Crippen LogP contribution in [0.4, 0.5) is 5.69 Å². The molecule has 0 atom stereocenters. The minimum atomic E-state index is -0.171. The quantitative estimate of drug-likeness (QED) is 0.720. The van der Waals surface area contributed by atoms with E-state index in [9.17, 15) is 4.79 Å². The highest BCUT2D eigenvalue weighted by molar-refractivity contribution is 5.93. The predicted molar refractivity (Wildman–Crippen MR) is 95.4 cm³/mol. The number of carbonyl (C=O) groups is 1. The molecule has 0 aliphatic rings. The van der Waals surface area contributed by atoms with Gasteiger partial charge in [-0.15, -0.1) is 0 Å². The summed E-state index contributed by atoms with van der Waals surface area (Å²) in [6, 6.07) is 18.4. The molecular weight excluding hydrogens is 318 g/mol. The SMILES string of the molecule is COc1ccc(NC(=O)Cc2ccccc2)cc1-c1ccc(CO)o1. The maximum absolute atomic E-state index is 12.2. The number of anilines is 1. The Morgan fingerprint density at radius 1 is 1.12 bits per heavy atom. The minimum absolute atomic E-state index is 0.0993. The number of aliphatic hydroxyl groups is 1. The average molecular weight is 337 g/mol. The van der Waals surface area contributed by atoms with Gasteiger partial charge in [-0.25, -0.2) is 0 Å². The molecule has 0 saturated carbocycles. The molecule has 0 radical (unpaired) electrons. The fourth-order valence-corrected chi connectivity index (χ4v) is 2.57. The lowest BCUT2D eigenvalue weighted by Gasteiger charge is -2.10.